The number of para-hydroxylation sites is 2. The minimum absolute atomic E-state index is 0.265. The van der Waals surface area contributed by atoms with Gasteiger partial charge in [-0.05, 0) is 45.0 Å². The lowest BCUT2D eigenvalue weighted by molar-refractivity contribution is -0.136. The second-order valence-corrected chi connectivity index (χ2v) is 6.57. The number of rotatable bonds is 4. The summed E-state index contributed by atoms with van der Waals surface area (Å²) in [6.45, 7) is 5.91. The third-order valence-electron chi connectivity index (χ3n) is 3.61. The number of anilines is 1. The highest BCUT2D eigenvalue weighted by molar-refractivity contribution is 5.88. The van der Waals surface area contributed by atoms with Crippen LogP contribution in [0.5, 0.6) is 5.75 Å². The number of carbonyl (C=O) groups is 1. The Bertz CT molecular complexity index is 710. The fourth-order valence-electron chi connectivity index (χ4n) is 2.73. The summed E-state index contributed by atoms with van der Waals surface area (Å²) < 4.78 is 5.99. The fraction of sp³-hybridized carbons (Fsp3) is 0.333. The normalized spacial score (nSPS) is 20.2. The van der Waals surface area contributed by atoms with Gasteiger partial charge in [0.05, 0.1) is 11.4 Å². The average Bonchev–Trinajstić information content (AvgIpc) is 3.22. The van der Waals surface area contributed by atoms with E-state index in [2.05, 4.69) is 4.98 Å². The lowest BCUT2D eigenvalue weighted by atomic mass is 10.2. The molecule has 0 amide bonds. The van der Waals surface area contributed by atoms with E-state index in [9.17, 15) is 9.90 Å². The van der Waals surface area contributed by atoms with Crippen LogP contribution in [-0.2, 0) is 4.79 Å². The molecular formula is C18H20N2O3. The zero-order valence-electron chi connectivity index (χ0n) is 13.4. The van der Waals surface area contributed by atoms with Gasteiger partial charge in [0, 0.05) is 6.20 Å². The van der Waals surface area contributed by atoms with Gasteiger partial charge in [-0.3, -0.25) is 4.98 Å². The van der Waals surface area contributed by atoms with E-state index in [1.165, 1.54) is 0 Å². The zero-order valence-corrected chi connectivity index (χ0v) is 13.4. The quantitative estimate of drug-likeness (QED) is 0.878. The molecule has 2 heterocycles. The van der Waals surface area contributed by atoms with Gasteiger partial charge in [-0.25, -0.2) is 4.79 Å². The molecule has 1 saturated heterocycles. The maximum atomic E-state index is 11.6. The third kappa shape index (κ3) is 3.13. The molecule has 1 aromatic carbocycles. The second kappa shape index (κ2) is 5.57. The van der Waals surface area contributed by atoms with Crippen LogP contribution in [0.2, 0.25) is 0 Å². The van der Waals surface area contributed by atoms with Crippen molar-refractivity contribution >= 4 is 11.7 Å². The summed E-state index contributed by atoms with van der Waals surface area (Å²) in [7, 11) is 0. The molecule has 0 aliphatic carbocycles. The molecule has 2 unspecified atom stereocenters. The van der Waals surface area contributed by atoms with Gasteiger partial charge in [0.2, 0.25) is 0 Å². The second-order valence-electron chi connectivity index (χ2n) is 6.57. The molecule has 3 rings (SSSR count). The first-order chi connectivity index (χ1) is 10.9. The van der Waals surface area contributed by atoms with Crippen molar-refractivity contribution in [1.29, 1.82) is 0 Å². The number of aliphatic carboxylic acids is 1. The summed E-state index contributed by atoms with van der Waals surface area (Å²) in [5.74, 6) is -0.170. The van der Waals surface area contributed by atoms with Gasteiger partial charge in [0.25, 0.3) is 0 Å². The van der Waals surface area contributed by atoms with Crippen LogP contribution < -0.4 is 9.64 Å². The molecule has 120 valence electrons. The van der Waals surface area contributed by atoms with Crippen molar-refractivity contribution < 1.29 is 14.6 Å². The molecule has 1 aliphatic rings. The van der Waals surface area contributed by atoms with Crippen LogP contribution in [0, 0.1) is 0 Å². The molecule has 2 atom stereocenters. The third-order valence-corrected chi connectivity index (χ3v) is 3.61. The van der Waals surface area contributed by atoms with Crippen molar-refractivity contribution in [3.8, 4) is 5.75 Å². The van der Waals surface area contributed by atoms with E-state index in [1.54, 1.807) is 6.20 Å². The summed E-state index contributed by atoms with van der Waals surface area (Å²) in [5.41, 5.74) is 1.18. The van der Waals surface area contributed by atoms with Crippen LogP contribution in [0.15, 0.2) is 48.7 Å². The molecule has 0 spiro atoms. The lowest BCUT2D eigenvalue weighted by Crippen LogP contribution is -2.23. The molecule has 23 heavy (non-hydrogen) atoms. The number of aromatic nitrogens is 1. The zero-order chi connectivity index (χ0) is 16.6. The van der Waals surface area contributed by atoms with Crippen molar-refractivity contribution in [3.05, 3.63) is 54.4 Å². The Hall–Kier alpha value is -2.56. The van der Waals surface area contributed by atoms with Gasteiger partial charge in [0.1, 0.15) is 17.4 Å². The van der Waals surface area contributed by atoms with Crippen molar-refractivity contribution in [2.75, 3.05) is 4.90 Å². The van der Waals surface area contributed by atoms with Gasteiger partial charge >= 0.3 is 5.97 Å². The van der Waals surface area contributed by atoms with Gasteiger partial charge in [-0.2, -0.15) is 0 Å². The summed E-state index contributed by atoms with van der Waals surface area (Å²) >= 11 is 0. The Morgan fingerprint density at radius 1 is 1.17 bits per heavy atom. The van der Waals surface area contributed by atoms with E-state index < -0.39 is 12.0 Å². The SMILES string of the molecule is CC(C)(C)Oc1ccccc1N1C(C(=O)O)C1c1ccccn1. The molecule has 2 aromatic rings. The Morgan fingerprint density at radius 3 is 2.48 bits per heavy atom. The lowest BCUT2D eigenvalue weighted by Gasteiger charge is -2.23. The smallest absolute Gasteiger partial charge is 0.328 e. The van der Waals surface area contributed by atoms with Crippen molar-refractivity contribution in [1.82, 2.24) is 4.98 Å². The highest BCUT2D eigenvalue weighted by Gasteiger charge is 2.55. The highest BCUT2D eigenvalue weighted by atomic mass is 16.5. The fourth-order valence-corrected chi connectivity index (χ4v) is 2.73. The largest absolute Gasteiger partial charge is 0.486 e. The Kier molecular flexibility index (Phi) is 3.72. The molecule has 0 bridgehead atoms. The number of nitrogens with zero attached hydrogens (tertiary/aromatic N) is 2. The van der Waals surface area contributed by atoms with Gasteiger partial charge < -0.3 is 14.7 Å². The number of carboxylic acids is 1. The summed E-state index contributed by atoms with van der Waals surface area (Å²) in [6.07, 6.45) is 1.68. The molecule has 0 radical (unpaired) electrons. The summed E-state index contributed by atoms with van der Waals surface area (Å²) in [6, 6.07) is 12.2. The van der Waals surface area contributed by atoms with Gasteiger partial charge in [0.15, 0.2) is 6.04 Å². The topological polar surface area (TPSA) is 62.4 Å². The van der Waals surface area contributed by atoms with E-state index in [-0.39, 0.29) is 11.6 Å². The number of ether oxygens (including phenoxy) is 1. The van der Waals surface area contributed by atoms with E-state index in [0.717, 1.165) is 11.4 Å². The van der Waals surface area contributed by atoms with E-state index >= 15 is 0 Å². The van der Waals surface area contributed by atoms with E-state index in [0.29, 0.717) is 5.75 Å². The van der Waals surface area contributed by atoms with E-state index in [4.69, 9.17) is 4.74 Å². The van der Waals surface area contributed by atoms with Gasteiger partial charge in [-0.15, -0.1) is 0 Å². The first-order valence-electron chi connectivity index (χ1n) is 7.58. The summed E-state index contributed by atoms with van der Waals surface area (Å²) in [5, 5.41) is 9.53. The number of carboxylic acid groups (broad SMARTS) is 1. The van der Waals surface area contributed by atoms with Crippen LogP contribution in [0.1, 0.15) is 32.5 Å². The standard InChI is InChI=1S/C18H20N2O3/c1-18(2,3)23-14-10-5-4-9-13(14)20-15(16(20)17(21)22)12-8-6-7-11-19-12/h4-11,15-16H,1-3H3,(H,21,22). The van der Waals surface area contributed by atoms with Crippen molar-refractivity contribution in [3.63, 3.8) is 0 Å². The van der Waals surface area contributed by atoms with Crippen LogP contribution in [0.4, 0.5) is 5.69 Å². The molecule has 5 nitrogen and oxygen atoms in total. The maximum absolute atomic E-state index is 11.6. The molecule has 1 aliphatic heterocycles. The van der Waals surface area contributed by atoms with Crippen LogP contribution in [0.25, 0.3) is 0 Å². The number of hydrogen-bond acceptors (Lipinski definition) is 4. The molecule has 5 heteroatoms. The highest BCUT2D eigenvalue weighted by Crippen LogP contribution is 2.49. The van der Waals surface area contributed by atoms with Crippen molar-refractivity contribution in [2.24, 2.45) is 0 Å². The molecule has 1 aromatic heterocycles. The summed E-state index contributed by atoms with van der Waals surface area (Å²) in [4.78, 5) is 17.8. The molecular weight excluding hydrogens is 292 g/mol. The first-order valence-corrected chi connectivity index (χ1v) is 7.58. The molecule has 1 N–H and O–H groups in total. The van der Waals surface area contributed by atoms with Crippen LogP contribution in [0.3, 0.4) is 0 Å². The molecule has 0 saturated carbocycles. The number of hydrogen-bond donors (Lipinski definition) is 1. The predicted molar refractivity (Wildman–Crippen MR) is 87.7 cm³/mol. The van der Waals surface area contributed by atoms with E-state index in [1.807, 2.05) is 68.1 Å². The first kappa shape index (κ1) is 15.3. The Morgan fingerprint density at radius 2 is 1.87 bits per heavy atom. The van der Waals surface area contributed by atoms with Crippen molar-refractivity contribution in [2.45, 2.75) is 38.5 Å². The van der Waals surface area contributed by atoms with Crippen LogP contribution in [-0.4, -0.2) is 27.7 Å². The minimum Gasteiger partial charge on any atom is -0.486 e. The average molecular weight is 312 g/mol. The van der Waals surface area contributed by atoms with Crippen LogP contribution >= 0.6 is 0 Å². The predicted octanol–water partition coefficient (Wildman–Crippen LogP) is 3.27. The molecule has 1 fully saturated rings. The monoisotopic (exact) mass is 312 g/mol. The maximum Gasteiger partial charge on any atom is 0.328 e. The minimum atomic E-state index is -0.855. The number of pyridine rings is 1. The number of benzene rings is 1. The van der Waals surface area contributed by atoms with Gasteiger partial charge in [-0.1, -0.05) is 18.2 Å². The Balaban J connectivity index is 1.96. The Labute approximate surface area is 135 Å².